The normalized spacial score (nSPS) is 20.4. The Morgan fingerprint density at radius 3 is 1.77 bits per heavy atom. The van der Waals surface area contributed by atoms with Crippen LogP contribution >= 0.6 is 11.6 Å². The molecule has 1 saturated heterocycles. The molecule has 9 rings (SSSR count). The second kappa shape index (κ2) is 17.7. The summed E-state index contributed by atoms with van der Waals surface area (Å²) in [5, 5.41) is 33.3. The summed E-state index contributed by atoms with van der Waals surface area (Å²) < 4.78 is 32.2. The van der Waals surface area contributed by atoms with Gasteiger partial charge in [-0.1, -0.05) is 27.7 Å². The fourth-order valence-electron chi connectivity index (χ4n) is 9.72. The maximum Gasteiger partial charge on any atom is 0.235 e. The van der Waals surface area contributed by atoms with E-state index in [1.54, 1.807) is 19.2 Å². The highest BCUT2D eigenvalue weighted by molar-refractivity contribution is 6.28. The number of rotatable bonds is 12. The Morgan fingerprint density at radius 2 is 1.26 bits per heavy atom. The van der Waals surface area contributed by atoms with E-state index in [-0.39, 0.29) is 41.0 Å². The Balaban J connectivity index is 0.000000196. The molecule has 4 N–H and O–H groups in total. The van der Waals surface area contributed by atoms with Crippen LogP contribution in [0.1, 0.15) is 57.5 Å². The zero-order valence-corrected chi connectivity index (χ0v) is 36.5. The van der Waals surface area contributed by atoms with Crippen LogP contribution in [-0.4, -0.2) is 99.9 Å². The zero-order valence-electron chi connectivity index (χ0n) is 35.7. The molecule has 0 radical (unpaired) electrons. The molecule has 62 heavy (non-hydrogen) atoms. The molecule has 2 unspecified atom stereocenters. The number of ether oxygens (including phenoxy) is 1. The van der Waals surface area contributed by atoms with Crippen molar-refractivity contribution in [3.8, 4) is 5.88 Å². The number of methoxy groups -OCH3 is 1. The highest BCUT2D eigenvalue weighted by atomic mass is 35.5. The molecular formula is C45H54ClF2N11O3. The van der Waals surface area contributed by atoms with Gasteiger partial charge in [-0.15, -0.1) is 5.10 Å². The van der Waals surface area contributed by atoms with Gasteiger partial charge in [-0.3, -0.25) is 0 Å². The lowest BCUT2D eigenvalue weighted by atomic mass is 9.82. The molecule has 5 aromatic rings. The van der Waals surface area contributed by atoms with Gasteiger partial charge in [-0.2, -0.15) is 10.1 Å². The molecule has 2 bridgehead atoms. The largest absolute Gasteiger partial charge is 0.480 e. The molecule has 4 aliphatic rings. The first kappa shape index (κ1) is 43.2. The van der Waals surface area contributed by atoms with Crippen molar-refractivity contribution < 1.29 is 23.7 Å². The molecule has 1 saturated carbocycles. The van der Waals surface area contributed by atoms with Crippen LogP contribution in [0.2, 0.25) is 5.28 Å². The molecule has 2 atom stereocenters. The average Bonchev–Trinajstić information content (AvgIpc) is 3.78. The van der Waals surface area contributed by atoms with E-state index in [0.29, 0.717) is 61.4 Å². The molecule has 3 aromatic heterocycles. The average molecular weight is 870 g/mol. The summed E-state index contributed by atoms with van der Waals surface area (Å²) >= 11 is 6.07. The third-order valence-corrected chi connectivity index (χ3v) is 12.7. The minimum Gasteiger partial charge on any atom is -0.480 e. The number of anilines is 7. The van der Waals surface area contributed by atoms with Gasteiger partial charge < -0.3 is 40.3 Å². The lowest BCUT2D eigenvalue weighted by molar-refractivity contribution is 0.265. The SMILES string of the molecule is CC1(C)CN(c2ccc(F)cc2)c2nc(Cl)nc(NCCO)c21.COc1cc(N2CC3CCC(C2)C3Cc2nc(NCCO)c3c(n2)N(c2ccc(F)cc2)CC3(C)C)cnn1. The molecule has 17 heteroatoms. The van der Waals surface area contributed by atoms with Gasteiger partial charge >= 0.3 is 0 Å². The van der Waals surface area contributed by atoms with Gasteiger partial charge in [-0.05, 0) is 90.7 Å². The predicted octanol–water partition coefficient (Wildman–Crippen LogP) is 7.06. The molecule has 328 valence electrons. The third-order valence-electron chi connectivity index (χ3n) is 12.5. The molecular weight excluding hydrogens is 816 g/mol. The lowest BCUT2D eigenvalue weighted by Crippen LogP contribution is -2.43. The summed E-state index contributed by atoms with van der Waals surface area (Å²) in [6.45, 7) is 12.7. The van der Waals surface area contributed by atoms with Gasteiger partial charge in [0.2, 0.25) is 11.2 Å². The van der Waals surface area contributed by atoms with E-state index in [2.05, 4.69) is 68.3 Å². The van der Waals surface area contributed by atoms with E-state index in [1.165, 1.54) is 37.1 Å². The van der Waals surface area contributed by atoms with Crippen molar-refractivity contribution in [1.82, 2.24) is 30.1 Å². The molecule has 2 aromatic carbocycles. The predicted molar refractivity (Wildman–Crippen MR) is 237 cm³/mol. The number of benzene rings is 2. The molecule has 1 aliphatic carbocycles. The van der Waals surface area contributed by atoms with Gasteiger partial charge in [0, 0.05) is 85.1 Å². The monoisotopic (exact) mass is 869 g/mol. The number of hydrogen-bond acceptors (Lipinski definition) is 14. The van der Waals surface area contributed by atoms with Crippen molar-refractivity contribution in [3.63, 3.8) is 0 Å². The van der Waals surface area contributed by atoms with E-state index in [9.17, 15) is 13.9 Å². The Hall–Kier alpha value is -5.45. The molecule has 14 nitrogen and oxygen atoms in total. The third kappa shape index (κ3) is 8.77. The van der Waals surface area contributed by atoms with Gasteiger partial charge in [0.1, 0.15) is 40.7 Å². The van der Waals surface area contributed by atoms with E-state index in [0.717, 1.165) is 65.2 Å². The number of fused-ring (bicyclic) bond motifs is 4. The van der Waals surface area contributed by atoms with Crippen molar-refractivity contribution in [2.45, 2.75) is 57.8 Å². The molecule has 0 spiro atoms. The standard InChI is InChI=1S/C29H36FN7O2.C16H18ClFN4O/c1-29(2)17-37(21-8-6-20(30)7-9-21)28-26(29)27(31-10-11-38)33-24(34-28)13-23-18-4-5-19(23)16-36(15-18)22-12-25(39-3)35-32-14-22;1-16(2)9-22(11-5-3-10(18)4-6-11)14-12(16)13(19-7-8-23)20-15(17)21-14/h6-9,12,14,18-19,23,38H,4-5,10-11,13,15-17H2,1-3H3,(H,31,33,34);3-6,23H,7-9H2,1-2H3,(H,19,20,21). The van der Waals surface area contributed by atoms with Crippen LogP contribution in [0.3, 0.4) is 0 Å². The van der Waals surface area contributed by atoms with Crippen molar-refractivity contribution in [3.05, 3.63) is 94.7 Å². The highest BCUT2D eigenvalue weighted by Gasteiger charge is 2.45. The second-order valence-electron chi connectivity index (χ2n) is 17.7. The Labute approximate surface area is 365 Å². The Bertz CT molecular complexity index is 2360. The van der Waals surface area contributed by atoms with E-state index in [4.69, 9.17) is 31.4 Å². The number of nitrogens with zero attached hydrogens (tertiary/aromatic N) is 9. The fourth-order valence-corrected chi connectivity index (χ4v) is 9.88. The van der Waals surface area contributed by atoms with E-state index >= 15 is 0 Å². The molecule has 2 fully saturated rings. The topological polar surface area (TPSA) is 161 Å². The van der Waals surface area contributed by atoms with E-state index in [1.807, 2.05) is 29.3 Å². The van der Waals surface area contributed by atoms with Crippen molar-refractivity contribution in [2.75, 3.05) is 84.9 Å². The minimum atomic E-state index is -0.279. The van der Waals surface area contributed by atoms with Crippen LogP contribution in [0.25, 0.3) is 0 Å². The van der Waals surface area contributed by atoms with Crippen LogP contribution in [0.5, 0.6) is 5.88 Å². The number of halogens is 3. The summed E-state index contributed by atoms with van der Waals surface area (Å²) in [7, 11) is 1.61. The van der Waals surface area contributed by atoms with Crippen LogP contribution < -0.4 is 30.1 Å². The Morgan fingerprint density at radius 1 is 0.742 bits per heavy atom. The minimum absolute atomic E-state index is 0.00149. The number of aliphatic hydroxyl groups excluding tert-OH is 2. The second-order valence-corrected chi connectivity index (χ2v) is 18.1. The summed E-state index contributed by atoms with van der Waals surface area (Å²) in [5.41, 5.74) is 4.37. The van der Waals surface area contributed by atoms with Crippen LogP contribution in [-0.2, 0) is 17.3 Å². The number of aliphatic hydroxyl groups is 2. The van der Waals surface area contributed by atoms with E-state index < -0.39 is 0 Å². The summed E-state index contributed by atoms with van der Waals surface area (Å²) in [6, 6.07) is 14.8. The zero-order chi connectivity index (χ0) is 43.8. The summed E-state index contributed by atoms with van der Waals surface area (Å²) in [6.07, 6.45) is 5.00. The molecule has 6 heterocycles. The first-order valence-corrected chi connectivity index (χ1v) is 21.5. The molecule has 0 amide bonds. The summed E-state index contributed by atoms with van der Waals surface area (Å²) in [4.78, 5) is 25.4. The summed E-state index contributed by atoms with van der Waals surface area (Å²) in [5.74, 6) is 5.40. The van der Waals surface area contributed by atoms with Gasteiger partial charge in [0.05, 0.1) is 32.2 Å². The Kier molecular flexibility index (Phi) is 12.4. The highest BCUT2D eigenvalue weighted by Crippen LogP contribution is 2.49. The van der Waals surface area contributed by atoms with Gasteiger partial charge in [0.25, 0.3) is 0 Å². The fraction of sp³-hybridized carbons (Fsp3) is 0.467. The number of nitrogens with one attached hydrogen (secondary N) is 2. The maximum atomic E-state index is 13.7. The van der Waals surface area contributed by atoms with Crippen LogP contribution in [0, 0.1) is 29.4 Å². The first-order chi connectivity index (χ1) is 29.8. The number of aromatic nitrogens is 6. The van der Waals surface area contributed by atoms with Crippen molar-refractivity contribution >= 4 is 51.9 Å². The molecule has 3 aliphatic heterocycles. The van der Waals surface area contributed by atoms with Gasteiger partial charge in [0.15, 0.2) is 0 Å². The quantitative estimate of drug-likeness (QED) is 0.0945. The number of hydrogen-bond donors (Lipinski definition) is 4. The number of piperidine rings is 1. The van der Waals surface area contributed by atoms with Crippen molar-refractivity contribution in [2.24, 2.45) is 17.8 Å². The van der Waals surface area contributed by atoms with Gasteiger partial charge in [-0.25, -0.2) is 23.7 Å². The lowest BCUT2D eigenvalue weighted by Gasteiger charge is -2.39. The smallest absolute Gasteiger partial charge is 0.235 e. The first-order valence-electron chi connectivity index (χ1n) is 21.1. The van der Waals surface area contributed by atoms with Crippen molar-refractivity contribution in [1.29, 1.82) is 0 Å². The van der Waals surface area contributed by atoms with Crippen LogP contribution in [0.4, 0.5) is 49.1 Å². The van der Waals surface area contributed by atoms with Crippen LogP contribution in [0.15, 0.2) is 60.8 Å². The maximum absolute atomic E-state index is 13.7.